The third kappa shape index (κ3) is 2.44. The van der Waals surface area contributed by atoms with Gasteiger partial charge in [0.05, 0.1) is 5.60 Å². The number of nitrogens with zero attached hydrogens (tertiary/aromatic N) is 1. The molecule has 12 heavy (non-hydrogen) atoms. The minimum Gasteiger partial charge on any atom is -0.356 e. The molecule has 0 bridgehead atoms. The van der Waals surface area contributed by atoms with Crippen molar-refractivity contribution >= 4 is 0 Å². The molecule has 1 rings (SSSR count). The van der Waals surface area contributed by atoms with E-state index < -0.39 is 6.41 Å². The van der Waals surface area contributed by atoms with Crippen LogP contribution in [-0.2, 0) is 4.74 Å². The second-order valence-corrected chi connectivity index (χ2v) is 5.00. The van der Waals surface area contributed by atoms with E-state index in [2.05, 4.69) is 13.8 Å². The molecule has 0 spiro atoms. The lowest BCUT2D eigenvalue weighted by molar-refractivity contribution is -0.216. The Hall–Kier alpha value is -0.120. The Kier molecular flexibility index (Phi) is 2.23. The van der Waals surface area contributed by atoms with E-state index in [0.29, 0.717) is 0 Å². The van der Waals surface area contributed by atoms with Gasteiger partial charge in [0.25, 0.3) is 0 Å². The van der Waals surface area contributed by atoms with Gasteiger partial charge in [0.1, 0.15) is 0 Å². The summed E-state index contributed by atoms with van der Waals surface area (Å²) in [5.41, 5.74) is -0.164. The van der Waals surface area contributed by atoms with Gasteiger partial charge in [0.2, 0.25) is 6.41 Å². The van der Waals surface area contributed by atoms with Crippen molar-refractivity contribution in [2.24, 2.45) is 0 Å². The lowest BCUT2D eigenvalue weighted by atomic mass is 10.2. The van der Waals surface area contributed by atoms with Gasteiger partial charge in [-0.05, 0) is 34.6 Å². The van der Waals surface area contributed by atoms with Crippen molar-refractivity contribution in [3.05, 3.63) is 0 Å². The van der Waals surface area contributed by atoms with Gasteiger partial charge >= 0.3 is 0 Å². The zero-order valence-electron chi connectivity index (χ0n) is 8.59. The van der Waals surface area contributed by atoms with Crippen LogP contribution < -0.4 is 0 Å². The summed E-state index contributed by atoms with van der Waals surface area (Å²) in [7, 11) is 0. The van der Waals surface area contributed by atoms with Gasteiger partial charge in [-0.1, -0.05) is 0 Å². The fraction of sp³-hybridized carbons (Fsp3) is 1.00. The Morgan fingerprint density at radius 1 is 1.42 bits per heavy atom. The largest absolute Gasteiger partial charge is 0.356 e. The first-order chi connectivity index (χ1) is 5.22. The third-order valence-electron chi connectivity index (χ3n) is 1.96. The van der Waals surface area contributed by atoms with E-state index in [1.54, 1.807) is 0 Å². The van der Waals surface area contributed by atoms with Crippen molar-refractivity contribution in [1.29, 1.82) is 0 Å². The molecule has 0 aromatic carbocycles. The molecule has 1 fully saturated rings. The van der Waals surface area contributed by atoms with E-state index in [1.165, 1.54) is 0 Å². The Morgan fingerprint density at radius 3 is 2.08 bits per heavy atom. The molecule has 2 atom stereocenters. The first-order valence-electron chi connectivity index (χ1n) is 4.35. The topological polar surface area (TPSA) is 32.5 Å². The van der Waals surface area contributed by atoms with Gasteiger partial charge in [-0.2, -0.15) is 0 Å². The van der Waals surface area contributed by atoms with Gasteiger partial charge in [0.15, 0.2) is 0 Å². The molecular formula is C9H19NO2. The van der Waals surface area contributed by atoms with Gasteiger partial charge in [-0.15, -0.1) is 0 Å². The molecule has 0 radical (unpaired) electrons. The highest BCUT2D eigenvalue weighted by Crippen LogP contribution is 2.34. The number of rotatable bonds is 2. The highest BCUT2D eigenvalue weighted by Gasteiger charge is 2.48. The fourth-order valence-corrected chi connectivity index (χ4v) is 1.14. The van der Waals surface area contributed by atoms with Crippen molar-refractivity contribution in [2.45, 2.75) is 52.2 Å². The highest BCUT2D eigenvalue weighted by atomic mass is 16.6. The summed E-state index contributed by atoms with van der Waals surface area (Å²) in [6.45, 7) is 10.9. The average molecular weight is 173 g/mol. The van der Waals surface area contributed by atoms with E-state index in [-0.39, 0.29) is 11.1 Å². The first-order valence-corrected chi connectivity index (χ1v) is 4.35. The Bertz CT molecular complexity index is 172. The summed E-state index contributed by atoms with van der Waals surface area (Å²) in [5.74, 6) is 0. The van der Waals surface area contributed by atoms with Crippen LogP contribution in [0.15, 0.2) is 0 Å². The molecule has 1 N–H and O–H groups in total. The van der Waals surface area contributed by atoms with E-state index in [4.69, 9.17) is 4.74 Å². The second kappa shape index (κ2) is 2.69. The number of hydrogen-bond acceptors (Lipinski definition) is 3. The van der Waals surface area contributed by atoms with Crippen LogP contribution in [0.5, 0.6) is 0 Å². The molecule has 0 aliphatic carbocycles. The van der Waals surface area contributed by atoms with Gasteiger partial charge in [0, 0.05) is 12.1 Å². The molecule has 1 aliphatic heterocycles. The lowest BCUT2D eigenvalue weighted by Gasteiger charge is -2.25. The van der Waals surface area contributed by atoms with Crippen LogP contribution in [0.25, 0.3) is 0 Å². The van der Waals surface area contributed by atoms with Crippen LogP contribution in [0.3, 0.4) is 0 Å². The van der Waals surface area contributed by atoms with E-state index in [0.717, 1.165) is 6.54 Å². The predicted molar refractivity (Wildman–Crippen MR) is 47.6 cm³/mol. The summed E-state index contributed by atoms with van der Waals surface area (Å²) in [4.78, 5) is 1.91. The van der Waals surface area contributed by atoms with Crippen molar-refractivity contribution in [3.63, 3.8) is 0 Å². The SMILES string of the molecule is CC(C)(C)OC(O)[N@]1CC1(C)C. The van der Waals surface area contributed by atoms with Crippen molar-refractivity contribution in [3.8, 4) is 0 Å². The summed E-state index contributed by atoms with van der Waals surface area (Å²) in [6.07, 6.45) is -0.750. The molecule has 1 heterocycles. The molecule has 0 aromatic rings. The number of aliphatic hydroxyl groups is 1. The summed E-state index contributed by atoms with van der Waals surface area (Å²) < 4.78 is 5.38. The lowest BCUT2D eigenvalue weighted by Crippen LogP contribution is -2.34. The molecule has 0 aromatic heterocycles. The first kappa shape index (κ1) is 9.96. The van der Waals surface area contributed by atoms with Crippen LogP contribution in [0.1, 0.15) is 34.6 Å². The number of hydrogen-bond donors (Lipinski definition) is 1. The van der Waals surface area contributed by atoms with Gasteiger partial charge in [-0.25, -0.2) is 4.90 Å². The van der Waals surface area contributed by atoms with Crippen molar-refractivity contribution in [2.75, 3.05) is 6.54 Å². The van der Waals surface area contributed by atoms with Crippen LogP contribution >= 0.6 is 0 Å². The molecular weight excluding hydrogens is 154 g/mol. The number of ether oxygens (including phenoxy) is 1. The molecule has 0 amide bonds. The summed E-state index contributed by atoms with van der Waals surface area (Å²) in [5, 5.41) is 9.56. The fourth-order valence-electron chi connectivity index (χ4n) is 1.14. The monoisotopic (exact) mass is 173 g/mol. The van der Waals surface area contributed by atoms with Crippen LogP contribution in [-0.4, -0.2) is 34.1 Å². The van der Waals surface area contributed by atoms with Crippen molar-refractivity contribution < 1.29 is 9.84 Å². The smallest absolute Gasteiger partial charge is 0.217 e. The van der Waals surface area contributed by atoms with Crippen LogP contribution in [0.4, 0.5) is 0 Å². The van der Waals surface area contributed by atoms with Gasteiger partial charge < -0.3 is 9.84 Å². The van der Waals surface area contributed by atoms with Crippen molar-refractivity contribution in [1.82, 2.24) is 4.90 Å². The molecule has 72 valence electrons. The normalized spacial score (nSPS) is 30.0. The molecule has 3 nitrogen and oxygen atoms in total. The zero-order chi connectivity index (χ0) is 9.57. The van der Waals surface area contributed by atoms with Crippen LogP contribution in [0, 0.1) is 0 Å². The number of aliphatic hydroxyl groups excluding tert-OH is 1. The van der Waals surface area contributed by atoms with E-state index in [9.17, 15) is 5.11 Å². The second-order valence-electron chi connectivity index (χ2n) is 5.00. The van der Waals surface area contributed by atoms with E-state index >= 15 is 0 Å². The van der Waals surface area contributed by atoms with Crippen LogP contribution in [0.2, 0.25) is 0 Å². The Balaban J connectivity index is 2.37. The predicted octanol–water partition coefficient (Wildman–Crippen LogP) is 1.17. The molecule has 1 aliphatic rings. The zero-order valence-corrected chi connectivity index (χ0v) is 8.59. The summed E-state index contributed by atoms with van der Waals surface area (Å²) >= 11 is 0. The summed E-state index contributed by atoms with van der Waals surface area (Å²) in [6, 6.07) is 0. The molecule has 1 saturated heterocycles. The third-order valence-corrected chi connectivity index (χ3v) is 1.96. The maximum absolute atomic E-state index is 9.56. The Morgan fingerprint density at radius 2 is 1.83 bits per heavy atom. The highest BCUT2D eigenvalue weighted by molar-refractivity contribution is 4.99. The molecule has 0 saturated carbocycles. The minimum atomic E-state index is -0.750. The maximum Gasteiger partial charge on any atom is 0.217 e. The maximum atomic E-state index is 9.56. The Labute approximate surface area is 74.3 Å². The van der Waals surface area contributed by atoms with E-state index in [1.807, 2.05) is 25.7 Å². The van der Waals surface area contributed by atoms with Gasteiger partial charge in [-0.3, -0.25) is 0 Å². The standard InChI is InChI=1S/C9H19NO2/c1-8(2,3)12-7(11)10-6-9(10,4)5/h7,11H,6H2,1-5H3/t7?,10-/m0/s1. The quantitative estimate of drug-likeness (QED) is 0.502. The molecule has 1 unspecified atom stereocenters. The average Bonchev–Trinajstić information content (AvgIpc) is 2.35. The minimum absolute atomic E-state index is 0.116. The molecule has 3 heteroatoms.